The van der Waals surface area contributed by atoms with Crippen LogP contribution in [0, 0.1) is 0 Å². The van der Waals surface area contributed by atoms with Crippen molar-refractivity contribution in [3.8, 4) is 5.88 Å². The molecule has 18 heavy (non-hydrogen) atoms. The van der Waals surface area contributed by atoms with Gasteiger partial charge in [-0.05, 0) is 28.9 Å². The summed E-state index contributed by atoms with van der Waals surface area (Å²) in [4.78, 5) is 0. The Labute approximate surface area is 113 Å². The van der Waals surface area contributed by atoms with Crippen LogP contribution in [0.3, 0.4) is 0 Å². The minimum Gasteiger partial charge on any atom is -0.480 e. The van der Waals surface area contributed by atoms with Gasteiger partial charge in [0.25, 0.3) is 0 Å². The molecule has 1 unspecified atom stereocenters. The zero-order valence-corrected chi connectivity index (χ0v) is 11.6. The van der Waals surface area contributed by atoms with Crippen molar-refractivity contribution in [1.29, 1.82) is 0 Å². The zero-order chi connectivity index (χ0) is 13.1. The first-order valence-electron chi connectivity index (χ1n) is 5.44. The van der Waals surface area contributed by atoms with E-state index in [1.807, 2.05) is 6.92 Å². The number of nitrogens with zero attached hydrogens (tertiary/aromatic N) is 4. The van der Waals surface area contributed by atoms with Crippen molar-refractivity contribution in [2.24, 2.45) is 0 Å². The number of methoxy groups -OCH3 is 1. The van der Waals surface area contributed by atoms with Crippen molar-refractivity contribution in [3.05, 3.63) is 34.2 Å². The molecule has 0 amide bonds. The van der Waals surface area contributed by atoms with Crippen molar-refractivity contribution in [1.82, 2.24) is 20.0 Å². The molecule has 0 radical (unpaired) electrons. The molecule has 0 bridgehead atoms. The molecule has 7 heteroatoms. The lowest BCUT2D eigenvalue weighted by atomic mass is 10.2. The van der Waals surface area contributed by atoms with Gasteiger partial charge in [-0.2, -0.15) is 5.10 Å². The van der Waals surface area contributed by atoms with Gasteiger partial charge in [-0.15, -0.1) is 10.2 Å². The summed E-state index contributed by atoms with van der Waals surface area (Å²) in [6, 6.07) is 3.34. The van der Waals surface area contributed by atoms with Crippen LogP contribution in [0.25, 0.3) is 0 Å². The highest BCUT2D eigenvalue weighted by molar-refractivity contribution is 9.10. The van der Waals surface area contributed by atoms with Gasteiger partial charge in [-0.25, -0.2) is 0 Å². The van der Waals surface area contributed by atoms with Gasteiger partial charge in [0.05, 0.1) is 29.2 Å². The highest BCUT2D eigenvalue weighted by Gasteiger charge is 2.20. The van der Waals surface area contributed by atoms with E-state index in [1.165, 1.54) is 7.11 Å². The monoisotopic (exact) mass is 312 g/mol. The third-order valence-corrected chi connectivity index (χ3v) is 3.15. The van der Waals surface area contributed by atoms with Crippen LogP contribution in [-0.2, 0) is 6.54 Å². The molecule has 0 saturated heterocycles. The van der Waals surface area contributed by atoms with Crippen molar-refractivity contribution in [2.45, 2.75) is 19.6 Å². The van der Waals surface area contributed by atoms with Crippen LogP contribution in [0.1, 0.15) is 24.4 Å². The van der Waals surface area contributed by atoms with Gasteiger partial charge in [0, 0.05) is 12.6 Å². The van der Waals surface area contributed by atoms with Crippen LogP contribution in [0.4, 0.5) is 0 Å². The highest BCUT2D eigenvalue weighted by atomic mass is 79.9. The summed E-state index contributed by atoms with van der Waals surface area (Å²) in [7, 11) is 1.52. The van der Waals surface area contributed by atoms with E-state index in [4.69, 9.17) is 4.74 Å². The second kappa shape index (κ2) is 5.45. The normalized spacial score (nSPS) is 12.4. The van der Waals surface area contributed by atoms with Crippen LogP contribution in [0.5, 0.6) is 5.88 Å². The maximum Gasteiger partial charge on any atom is 0.233 e. The largest absolute Gasteiger partial charge is 0.480 e. The third kappa shape index (κ3) is 2.37. The summed E-state index contributed by atoms with van der Waals surface area (Å²) in [6.45, 7) is 2.62. The number of aliphatic hydroxyl groups is 1. The Morgan fingerprint density at radius 3 is 2.78 bits per heavy atom. The Bertz CT molecular complexity index is 526. The number of hydrogen-bond donors (Lipinski definition) is 1. The quantitative estimate of drug-likeness (QED) is 0.927. The molecule has 0 aliphatic carbocycles. The van der Waals surface area contributed by atoms with Crippen LogP contribution in [0.15, 0.2) is 22.8 Å². The number of rotatable bonds is 4. The summed E-state index contributed by atoms with van der Waals surface area (Å²) in [5, 5.41) is 22.2. The molecule has 1 atom stereocenters. The smallest absolute Gasteiger partial charge is 0.233 e. The van der Waals surface area contributed by atoms with E-state index in [0.29, 0.717) is 23.8 Å². The van der Waals surface area contributed by atoms with E-state index < -0.39 is 6.10 Å². The van der Waals surface area contributed by atoms with Gasteiger partial charge in [0.15, 0.2) is 0 Å². The number of halogens is 1. The number of hydrogen-bond acceptors (Lipinski definition) is 5. The van der Waals surface area contributed by atoms with Gasteiger partial charge in [0.2, 0.25) is 5.88 Å². The molecule has 96 valence electrons. The minimum absolute atomic E-state index is 0.411. The molecule has 2 heterocycles. The second-order valence-electron chi connectivity index (χ2n) is 3.60. The number of ether oxygens (including phenoxy) is 1. The van der Waals surface area contributed by atoms with E-state index in [0.717, 1.165) is 4.47 Å². The maximum absolute atomic E-state index is 10.3. The Hall–Kier alpha value is -1.47. The van der Waals surface area contributed by atoms with Crippen molar-refractivity contribution >= 4 is 15.9 Å². The molecule has 2 aromatic heterocycles. The predicted octanol–water partition coefficient (Wildman–Crippen LogP) is 1.55. The van der Waals surface area contributed by atoms with Crippen LogP contribution >= 0.6 is 15.9 Å². The Balaban J connectivity index is 2.34. The average Bonchev–Trinajstić information content (AvgIpc) is 2.79. The van der Waals surface area contributed by atoms with E-state index in [1.54, 1.807) is 23.0 Å². The Morgan fingerprint density at radius 1 is 1.44 bits per heavy atom. The van der Waals surface area contributed by atoms with Gasteiger partial charge in [-0.1, -0.05) is 0 Å². The third-order valence-electron chi connectivity index (χ3n) is 2.54. The standard InChI is InChI=1S/C11H13BrN4O2/c1-3-16-10(7(12)6-13-16)11(17)8-4-5-9(18-2)15-14-8/h4-6,11,17H,3H2,1-2H3. The first-order valence-corrected chi connectivity index (χ1v) is 6.23. The molecule has 0 aliphatic heterocycles. The van der Waals surface area contributed by atoms with Gasteiger partial charge in [0.1, 0.15) is 6.10 Å². The Morgan fingerprint density at radius 2 is 2.22 bits per heavy atom. The maximum atomic E-state index is 10.3. The fourth-order valence-electron chi connectivity index (χ4n) is 1.62. The van der Waals surface area contributed by atoms with Gasteiger partial charge in [-0.3, -0.25) is 4.68 Å². The predicted molar refractivity (Wildman–Crippen MR) is 68.2 cm³/mol. The second-order valence-corrected chi connectivity index (χ2v) is 4.45. The van der Waals surface area contributed by atoms with Gasteiger partial charge >= 0.3 is 0 Å². The molecule has 0 aliphatic rings. The fraction of sp³-hybridized carbons (Fsp3) is 0.364. The van der Waals surface area contributed by atoms with Crippen molar-refractivity contribution < 1.29 is 9.84 Å². The van der Waals surface area contributed by atoms with Crippen LogP contribution in [0.2, 0.25) is 0 Å². The molecule has 0 aromatic carbocycles. The molecule has 0 spiro atoms. The zero-order valence-electron chi connectivity index (χ0n) is 10.0. The molecular weight excluding hydrogens is 300 g/mol. The molecule has 1 N–H and O–H groups in total. The number of aromatic nitrogens is 4. The summed E-state index contributed by atoms with van der Waals surface area (Å²) in [5.41, 5.74) is 1.11. The summed E-state index contributed by atoms with van der Waals surface area (Å²) >= 11 is 3.37. The average molecular weight is 313 g/mol. The van der Waals surface area contributed by atoms with E-state index >= 15 is 0 Å². The molecule has 2 aromatic rings. The van der Waals surface area contributed by atoms with Crippen LogP contribution < -0.4 is 4.74 Å². The summed E-state index contributed by atoms with van der Waals surface area (Å²) < 4.78 is 7.38. The lowest BCUT2D eigenvalue weighted by Crippen LogP contribution is -2.11. The summed E-state index contributed by atoms with van der Waals surface area (Å²) in [5.74, 6) is 0.411. The fourth-order valence-corrected chi connectivity index (χ4v) is 2.13. The highest BCUT2D eigenvalue weighted by Crippen LogP contribution is 2.27. The first-order chi connectivity index (χ1) is 8.67. The van der Waals surface area contributed by atoms with E-state index in [-0.39, 0.29) is 0 Å². The van der Waals surface area contributed by atoms with Gasteiger partial charge < -0.3 is 9.84 Å². The molecule has 6 nitrogen and oxygen atoms in total. The molecule has 2 rings (SSSR count). The SMILES string of the molecule is CCn1ncc(Br)c1C(O)c1ccc(OC)nn1. The van der Waals surface area contributed by atoms with E-state index in [9.17, 15) is 5.11 Å². The van der Waals surface area contributed by atoms with Crippen molar-refractivity contribution in [2.75, 3.05) is 7.11 Å². The lowest BCUT2D eigenvalue weighted by molar-refractivity contribution is 0.200. The minimum atomic E-state index is -0.875. The Kier molecular flexibility index (Phi) is 3.93. The van der Waals surface area contributed by atoms with Crippen molar-refractivity contribution in [3.63, 3.8) is 0 Å². The van der Waals surface area contributed by atoms with E-state index in [2.05, 4.69) is 31.2 Å². The van der Waals surface area contributed by atoms with Crippen LogP contribution in [-0.4, -0.2) is 32.2 Å². The topological polar surface area (TPSA) is 73.1 Å². The number of aliphatic hydroxyl groups excluding tert-OH is 1. The molecule has 0 fully saturated rings. The molecule has 0 saturated carbocycles. The number of aryl methyl sites for hydroxylation is 1. The first kappa shape index (κ1) is 13.0. The lowest BCUT2D eigenvalue weighted by Gasteiger charge is -2.12. The molecular formula is C11H13BrN4O2. The summed E-state index contributed by atoms with van der Waals surface area (Å²) in [6.07, 6.45) is 0.777.